The fraction of sp³-hybridized carbons (Fsp3) is 0. The van der Waals surface area contributed by atoms with Gasteiger partial charge in [0.25, 0.3) is 0 Å². The first-order valence-corrected chi connectivity index (χ1v) is 0. The second-order valence-electron chi connectivity index (χ2n) is 0. The van der Waals surface area contributed by atoms with Gasteiger partial charge in [-0.25, -0.2) is 0 Å². The van der Waals surface area contributed by atoms with Gasteiger partial charge >= 0.3 is 34.5 Å². The third-order valence-electron chi connectivity index (χ3n) is 0. The molecular weight excluding hydrogens is 608 g/mol. The molecule has 0 amide bonds. The first-order chi connectivity index (χ1) is 0. The molecule has 0 aliphatic heterocycles. The van der Waals surface area contributed by atoms with Crippen molar-refractivity contribution in [3.05, 3.63) is 0 Å². The normalized spacial score (nSPS) is 0. The summed E-state index contributed by atoms with van der Waals surface area (Å²) in [6.45, 7) is 0. The van der Waals surface area contributed by atoms with Crippen molar-refractivity contribution in [2.75, 3.05) is 0 Å². The molecule has 0 spiro atoms. The van der Waals surface area contributed by atoms with Crippen LogP contribution in [0.1, 0.15) is 2.85 Å². The zero-order chi connectivity index (χ0) is 0. The summed E-state index contributed by atoms with van der Waals surface area (Å²) in [4.78, 5) is 0. The van der Waals surface area contributed by atoms with Gasteiger partial charge in [0, 0.05) is 109 Å². The molecule has 0 aromatic heterocycles. The second-order valence-corrected chi connectivity index (χ2v) is 0. The summed E-state index contributed by atoms with van der Waals surface area (Å²) in [6.07, 6.45) is 0. The van der Waals surface area contributed by atoms with Crippen molar-refractivity contribution in [2.45, 2.75) is 0 Å². The first-order valence-electron chi connectivity index (χ1n) is 0. The standard InChI is InChI=1S/B.Be.Cr.La.Sb.W.Zr.4H/q;+2;;;;;;;;2*-1. The molecule has 0 bridgehead atoms. The molecule has 0 heterocycles. The Hall–Kier alpha value is 4.35. The van der Waals surface area contributed by atoms with E-state index < -0.39 is 0 Å². The molecule has 0 rings (SSSR count). The molecule has 0 aromatic rings. The summed E-state index contributed by atoms with van der Waals surface area (Å²) >= 11 is 0. The third-order valence-corrected chi connectivity index (χ3v) is 0. The molecule has 0 nitrogen and oxygen atoms in total. The molecule has 0 saturated heterocycles. The minimum Gasteiger partial charge on any atom is 0 e. The van der Waals surface area contributed by atoms with E-state index in [4.69, 9.17) is 0 Å². The van der Waals surface area contributed by atoms with Crippen molar-refractivity contribution in [3.8, 4) is 0 Å². The Bertz CT molecular complexity index is 26.5. The predicted molar refractivity (Wildman–Crippen MR) is 22.3 cm³/mol. The molecule has 0 aliphatic carbocycles. The van der Waals surface area contributed by atoms with E-state index in [-0.39, 0.29) is 146 Å². The van der Waals surface area contributed by atoms with Crippen LogP contribution in [0.2, 0.25) is 0 Å². The van der Waals surface area contributed by atoms with Gasteiger partial charge in [0.2, 0.25) is 0 Å². The second kappa shape index (κ2) is 47.8. The van der Waals surface area contributed by atoms with Crippen LogP contribution < -0.4 is 0 Å². The van der Waals surface area contributed by atoms with Gasteiger partial charge in [-0.05, 0) is 0 Å². The Kier molecular flexibility index (Phi) is 439. The van der Waals surface area contributed by atoms with Crippen molar-refractivity contribution in [1.29, 1.82) is 0 Å². The van der Waals surface area contributed by atoms with Gasteiger partial charge in [-0.15, -0.1) is 0 Å². The third kappa shape index (κ3) is 38.1. The summed E-state index contributed by atoms with van der Waals surface area (Å²) in [7, 11) is 0. The van der Waals surface area contributed by atoms with E-state index in [9.17, 15) is 0 Å². The van der Waals surface area contributed by atoms with Crippen LogP contribution in [0.5, 0.6) is 0 Å². The van der Waals surface area contributed by atoms with Crippen molar-refractivity contribution >= 4 is 43.0 Å². The van der Waals surface area contributed by atoms with Gasteiger partial charge in [-0.2, -0.15) is 0 Å². The Morgan fingerprint density at radius 1 is 1.14 bits per heavy atom. The smallest absolute Gasteiger partial charge is 0 e. The van der Waals surface area contributed by atoms with E-state index >= 15 is 0 Å². The molecule has 0 N–H and O–H groups in total. The Balaban J connectivity index is 0. The molecule has 7 heavy (non-hydrogen) atoms. The van der Waals surface area contributed by atoms with Crippen LogP contribution in [-0.4, -0.2) is 43.0 Å². The molecule has 0 unspecified atom stereocenters. The summed E-state index contributed by atoms with van der Waals surface area (Å²) in [5.41, 5.74) is 0. The maximum Gasteiger partial charge on any atom is 0 e. The van der Waals surface area contributed by atoms with Crippen LogP contribution >= 0.6 is 0 Å². The average molecular weight is 612 g/mol. The molecule has 7 heteroatoms. The SMILES string of the molecule is [B].[Be+2].[Cr].[H-].[H-].[La].[SbH2].[W].[Zr]. The summed E-state index contributed by atoms with van der Waals surface area (Å²) in [5, 5.41) is 0. The van der Waals surface area contributed by atoms with Crippen molar-refractivity contribution in [2.24, 2.45) is 0 Å². The molecular formula is H4BBeCrLaSbWZr. The van der Waals surface area contributed by atoms with E-state index in [0.29, 0.717) is 0 Å². The quantitative estimate of drug-likeness (QED) is 0.294. The largest absolute Gasteiger partial charge is 0 e. The van der Waals surface area contributed by atoms with E-state index in [0.717, 1.165) is 0 Å². The molecule has 0 saturated carbocycles. The van der Waals surface area contributed by atoms with E-state index in [1.807, 2.05) is 0 Å². The number of hydrogen-bond donors (Lipinski definition) is 0. The zero-order valence-corrected chi connectivity index (χ0v) is 17.3. The molecule has 0 atom stereocenters. The summed E-state index contributed by atoms with van der Waals surface area (Å²) in [6, 6.07) is 0. The van der Waals surface area contributed by atoms with Crippen molar-refractivity contribution < 1.29 is 103 Å². The molecule has 0 aromatic carbocycles. The van der Waals surface area contributed by atoms with Crippen LogP contribution in [0.15, 0.2) is 0 Å². The topological polar surface area (TPSA) is 0 Å². The van der Waals surface area contributed by atoms with Gasteiger partial charge in [0.15, 0.2) is 0 Å². The van der Waals surface area contributed by atoms with Gasteiger partial charge in [0.05, 0.1) is 0 Å². The van der Waals surface area contributed by atoms with Gasteiger partial charge in [0.1, 0.15) is 0 Å². The van der Waals surface area contributed by atoms with Crippen LogP contribution in [0.4, 0.5) is 0 Å². The molecule has 0 fully saturated rings. The van der Waals surface area contributed by atoms with Gasteiger partial charge < -0.3 is 2.85 Å². The minimum absolute atomic E-state index is 0. The Morgan fingerprint density at radius 3 is 1.14 bits per heavy atom. The van der Waals surface area contributed by atoms with Gasteiger partial charge in [-0.1, -0.05) is 0 Å². The summed E-state index contributed by atoms with van der Waals surface area (Å²) in [5.74, 6) is 0. The fourth-order valence-electron chi connectivity index (χ4n) is 0. The monoisotopic (exact) mass is 610 g/mol. The molecule has 33 valence electrons. The number of hydrogen-bond acceptors (Lipinski definition) is 0. The van der Waals surface area contributed by atoms with Gasteiger partial charge in [-0.3, -0.25) is 0 Å². The molecule has 5 radical (unpaired) electrons. The van der Waals surface area contributed by atoms with E-state index in [1.54, 1.807) is 0 Å². The minimum atomic E-state index is 0. The Morgan fingerprint density at radius 2 is 1.14 bits per heavy atom. The van der Waals surface area contributed by atoms with Crippen LogP contribution in [-0.2, 0) is 64.6 Å². The van der Waals surface area contributed by atoms with E-state index in [2.05, 4.69) is 0 Å². The van der Waals surface area contributed by atoms with Crippen LogP contribution in [0, 0.1) is 35.6 Å². The van der Waals surface area contributed by atoms with Crippen LogP contribution in [0.3, 0.4) is 0 Å². The maximum absolute atomic E-state index is 0. The predicted octanol–water partition coefficient (Wildman–Crippen LogP) is -1.46. The molecule has 0 aliphatic rings. The summed E-state index contributed by atoms with van der Waals surface area (Å²) < 4.78 is 0. The first kappa shape index (κ1) is 64.2. The van der Waals surface area contributed by atoms with Crippen LogP contribution in [0.25, 0.3) is 0 Å². The van der Waals surface area contributed by atoms with Crippen molar-refractivity contribution in [1.82, 2.24) is 0 Å². The zero-order valence-electron chi connectivity index (χ0n) is 5.76. The van der Waals surface area contributed by atoms with Crippen molar-refractivity contribution in [3.63, 3.8) is 0 Å². The number of rotatable bonds is 0. The fourth-order valence-corrected chi connectivity index (χ4v) is 0. The Labute approximate surface area is 143 Å². The average Bonchev–Trinajstić information content (AvgIpc) is 0. The maximum atomic E-state index is 0. The van der Waals surface area contributed by atoms with E-state index in [1.165, 1.54) is 0 Å².